The van der Waals surface area contributed by atoms with E-state index in [-0.39, 0.29) is 30.2 Å². The summed E-state index contributed by atoms with van der Waals surface area (Å²) in [6.07, 6.45) is 0.0942. The normalized spacial score (nSPS) is 20.1. The fourth-order valence-electron chi connectivity index (χ4n) is 2.82. The van der Waals surface area contributed by atoms with Crippen molar-refractivity contribution in [2.75, 3.05) is 13.1 Å². The number of halogens is 2. The summed E-state index contributed by atoms with van der Waals surface area (Å²) in [5.41, 5.74) is 2.04. The Morgan fingerprint density at radius 3 is 2.58 bits per heavy atom. The lowest BCUT2D eigenvalue weighted by molar-refractivity contribution is 0.0766. The van der Waals surface area contributed by atoms with Crippen molar-refractivity contribution in [2.45, 2.75) is 18.6 Å². The van der Waals surface area contributed by atoms with E-state index >= 15 is 0 Å². The van der Waals surface area contributed by atoms with E-state index < -0.39 is 6.10 Å². The van der Waals surface area contributed by atoms with Crippen LogP contribution in [0, 0.1) is 5.82 Å². The minimum Gasteiger partial charge on any atom is -0.390 e. The first-order chi connectivity index (χ1) is 11.1. The van der Waals surface area contributed by atoms with Crippen LogP contribution in [0.4, 0.5) is 4.39 Å². The number of nitrogens with one attached hydrogen (secondary N) is 2. The summed E-state index contributed by atoms with van der Waals surface area (Å²) < 4.78 is 13.1. The number of piperidine rings is 1. The fraction of sp³-hybridized carbons (Fsp3) is 0.278. The number of amides is 1. The highest BCUT2D eigenvalue weighted by atomic mass is 35.5. The standard InChI is InChI=1S/C18H19FN2O2.ClH/c19-13-7-5-12(6-8-13)14-3-1-2-4-15(14)18(23)21-16-9-10-20-11-17(16)22;/h1-8,16-17,20,22H,9-11H2,(H,21,23);1H/t16-,17-;/m1./s1. The van der Waals surface area contributed by atoms with Crippen molar-refractivity contribution in [3.05, 3.63) is 59.9 Å². The summed E-state index contributed by atoms with van der Waals surface area (Å²) in [5, 5.41) is 15.9. The molecule has 0 radical (unpaired) electrons. The van der Waals surface area contributed by atoms with Crippen LogP contribution >= 0.6 is 12.4 Å². The third-order valence-corrected chi connectivity index (χ3v) is 4.09. The van der Waals surface area contributed by atoms with Gasteiger partial charge < -0.3 is 15.7 Å². The highest BCUT2D eigenvalue weighted by Gasteiger charge is 2.25. The Morgan fingerprint density at radius 2 is 1.88 bits per heavy atom. The molecule has 2 atom stereocenters. The van der Waals surface area contributed by atoms with Crippen molar-refractivity contribution in [1.82, 2.24) is 10.6 Å². The molecular formula is C18H20ClFN2O2. The SMILES string of the molecule is Cl.O=C(N[C@@H]1CCNC[C@H]1O)c1ccccc1-c1ccc(F)cc1. The lowest BCUT2D eigenvalue weighted by Crippen LogP contribution is -2.52. The molecule has 0 aromatic heterocycles. The number of aliphatic hydroxyl groups excluding tert-OH is 1. The molecule has 0 spiro atoms. The molecule has 3 rings (SSSR count). The van der Waals surface area contributed by atoms with Gasteiger partial charge in [0.1, 0.15) is 5.82 Å². The summed E-state index contributed by atoms with van der Waals surface area (Å²) in [7, 11) is 0. The molecule has 0 saturated carbocycles. The lowest BCUT2D eigenvalue weighted by atomic mass is 9.98. The van der Waals surface area contributed by atoms with Gasteiger partial charge in [-0.25, -0.2) is 4.39 Å². The summed E-state index contributed by atoms with van der Waals surface area (Å²) in [6, 6.07) is 13.0. The lowest BCUT2D eigenvalue weighted by Gasteiger charge is -2.29. The van der Waals surface area contributed by atoms with Crippen LogP contribution in [0.25, 0.3) is 11.1 Å². The summed E-state index contributed by atoms with van der Waals surface area (Å²) in [5.74, 6) is -0.538. The number of rotatable bonds is 3. The number of carbonyl (C=O) groups is 1. The maximum absolute atomic E-state index is 13.1. The molecule has 1 aliphatic rings. The molecule has 2 aromatic carbocycles. The number of hydrogen-bond acceptors (Lipinski definition) is 3. The third kappa shape index (κ3) is 4.12. The van der Waals surface area contributed by atoms with Crippen LogP contribution in [-0.2, 0) is 0 Å². The molecule has 1 heterocycles. The van der Waals surface area contributed by atoms with Gasteiger partial charge in [0.25, 0.3) is 5.91 Å². The number of carbonyl (C=O) groups excluding carboxylic acids is 1. The van der Waals surface area contributed by atoms with Crippen molar-refractivity contribution < 1.29 is 14.3 Å². The highest BCUT2D eigenvalue weighted by Crippen LogP contribution is 2.24. The number of hydrogen-bond donors (Lipinski definition) is 3. The molecule has 0 bridgehead atoms. The zero-order valence-corrected chi connectivity index (χ0v) is 13.9. The van der Waals surface area contributed by atoms with Crippen LogP contribution < -0.4 is 10.6 Å². The third-order valence-electron chi connectivity index (χ3n) is 4.09. The zero-order valence-electron chi connectivity index (χ0n) is 13.0. The Kier molecular flexibility index (Phi) is 6.31. The Hall–Kier alpha value is -1.95. The summed E-state index contributed by atoms with van der Waals surface area (Å²) >= 11 is 0. The molecule has 1 amide bonds. The first kappa shape index (κ1) is 18.4. The second kappa shape index (κ2) is 8.24. The van der Waals surface area contributed by atoms with Crippen LogP contribution in [0.3, 0.4) is 0 Å². The van der Waals surface area contributed by atoms with Gasteiger partial charge in [-0.1, -0.05) is 30.3 Å². The zero-order chi connectivity index (χ0) is 16.2. The average molecular weight is 351 g/mol. The molecular weight excluding hydrogens is 331 g/mol. The average Bonchev–Trinajstić information content (AvgIpc) is 2.58. The number of β-amino-alcohol motifs (C(OH)–C–C–N with tert-alkyl or cyclic N) is 1. The van der Waals surface area contributed by atoms with Gasteiger partial charge in [0.15, 0.2) is 0 Å². The smallest absolute Gasteiger partial charge is 0.252 e. The molecule has 1 saturated heterocycles. The molecule has 24 heavy (non-hydrogen) atoms. The molecule has 2 aromatic rings. The van der Waals surface area contributed by atoms with Gasteiger partial charge in [-0.2, -0.15) is 0 Å². The van der Waals surface area contributed by atoms with Crippen molar-refractivity contribution in [3.8, 4) is 11.1 Å². The van der Waals surface area contributed by atoms with E-state index in [1.165, 1.54) is 12.1 Å². The molecule has 1 fully saturated rings. The summed E-state index contributed by atoms with van der Waals surface area (Å²) in [4.78, 5) is 12.6. The molecule has 6 heteroatoms. The first-order valence-electron chi connectivity index (χ1n) is 7.70. The number of benzene rings is 2. The minimum absolute atomic E-state index is 0. The Balaban J connectivity index is 0.00000208. The van der Waals surface area contributed by atoms with Gasteiger partial charge in [-0.15, -0.1) is 12.4 Å². The fourth-order valence-corrected chi connectivity index (χ4v) is 2.82. The largest absolute Gasteiger partial charge is 0.390 e. The van der Waals surface area contributed by atoms with E-state index in [1.54, 1.807) is 24.3 Å². The van der Waals surface area contributed by atoms with Gasteiger partial charge in [0.2, 0.25) is 0 Å². The van der Waals surface area contributed by atoms with E-state index in [2.05, 4.69) is 10.6 Å². The van der Waals surface area contributed by atoms with Crippen LogP contribution in [0.5, 0.6) is 0 Å². The second-order valence-electron chi connectivity index (χ2n) is 5.69. The van der Waals surface area contributed by atoms with E-state index in [1.807, 2.05) is 12.1 Å². The van der Waals surface area contributed by atoms with Crippen molar-refractivity contribution in [2.24, 2.45) is 0 Å². The summed E-state index contributed by atoms with van der Waals surface area (Å²) in [6.45, 7) is 1.24. The highest BCUT2D eigenvalue weighted by molar-refractivity contribution is 6.01. The van der Waals surface area contributed by atoms with Crippen LogP contribution in [-0.4, -0.2) is 36.2 Å². The van der Waals surface area contributed by atoms with E-state index in [0.29, 0.717) is 18.5 Å². The van der Waals surface area contributed by atoms with Crippen molar-refractivity contribution in [3.63, 3.8) is 0 Å². The Morgan fingerprint density at radius 1 is 1.17 bits per heavy atom. The minimum atomic E-state index is -0.592. The predicted octanol–water partition coefficient (Wildman–Crippen LogP) is 2.37. The van der Waals surface area contributed by atoms with Gasteiger partial charge >= 0.3 is 0 Å². The Bertz CT molecular complexity index is 694. The monoisotopic (exact) mass is 350 g/mol. The second-order valence-corrected chi connectivity index (χ2v) is 5.69. The molecule has 0 aliphatic carbocycles. The van der Waals surface area contributed by atoms with E-state index in [4.69, 9.17) is 0 Å². The quantitative estimate of drug-likeness (QED) is 0.796. The topological polar surface area (TPSA) is 61.4 Å². The number of aliphatic hydroxyl groups is 1. The molecule has 1 aliphatic heterocycles. The molecule has 0 unspecified atom stereocenters. The van der Waals surface area contributed by atoms with Gasteiger partial charge in [-0.3, -0.25) is 4.79 Å². The molecule has 3 N–H and O–H groups in total. The molecule has 4 nitrogen and oxygen atoms in total. The predicted molar refractivity (Wildman–Crippen MR) is 93.8 cm³/mol. The van der Waals surface area contributed by atoms with E-state index in [9.17, 15) is 14.3 Å². The van der Waals surface area contributed by atoms with E-state index in [0.717, 1.165) is 17.7 Å². The van der Waals surface area contributed by atoms with Gasteiger partial charge in [-0.05, 0) is 42.3 Å². The van der Waals surface area contributed by atoms with Gasteiger partial charge in [0, 0.05) is 12.1 Å². The van der Waals surface area contributed by atoms with Crippen LogP contribution in [0.15, 0.2) is 48.5 Å². The molecule has 128 valence electrons. The van der Waals surface area contributed by atoms with Crippen molar-refractivity contribution in [1.29, 1.82) is 0 Å². The van der Waals surface area contributed by atoms with Gasteiger partial charge in [0.05, 0.1) is 12.1 Å². The van der Waals surface area contributed by atoms with Crippen LogP contribution in [0.1, 0.15) is 16.8 Å². The maximum atomic E-state index is 13.1. The first-order valence-corrected chi connectivity index (χ1v) is 7.70. The maximum Gasteiger partial charge on any atom is 0.252 e. The van der Waals surface area contributed by atoms with Crippen molar-refractivity contribution >= 4 is 18.3 Å². The Labute approximate surface area is 146 Å². The van der Waals surface area contributed by atoms with Crippen LogP contribution in [0.2, 0.25) is 0 Å².